The molecule has 0 saturated heterocycles. The van der Waals surface area contributed by atoms with Crippen molar-refractivity contribution >= 4 is 38.4 Å². The van der Waals surface area contributed by atoms with E-state index >= 15 is 0 Å². The van der Waals surface area contributed by atoms with Crippen LogP contribution in [-0.4, -0.2) is 15.9 Å². The van der Waals surface area contributed by atoms with Crippen molar-refractivity contribution in [2.75, 3.05) is 5.32 Å². The molecule has 0 unspecified atom stereocenters. The molecule has 2 N–H and O–H groups in total. The first-order chi connectivity index (χ1) is 9.72. The summed E-state index contributed by atoms with van der Waals surface area (Å²) < 4.78 is 0.743. The smallest absolute Gasteiger partial charge is 0.228 e. The number of H-pyrrole nitrogens is 1. The molecule has 0 bridgehead atoms. The van der Waals surface area contributed by atoms with Crippen molar-refractivity contribution in [1.82, 2.24) is 9.97 Å². The molecule has 0 aliphatic rings. The molecule has 0 atom stereocenters. The van der Waals surface area contributed by atoms with Gasteiger partial charge in [-0.2, -0.15) is 0 Å². The average Bonchev–Trinajstić information content (AvgIpc) is 2.85. The van der Waals surface area contributed by atoms with Crippen LogP contribution in [-0.2, 0) is 11.2 Å². The number of fused-ring (bicyclic) bond motifs is 1. The normalized spacial score (nSPS) is 10.7. The number of amides is 1. The first kappa shape index (κ1) is 12.9. The van der Waals surface area contributed by atoms with Crippen LogP contribution in [0.1, 0.15) is 5.56 Å². The molecule has 3 aromatic rings. The predicted octanol–water partition coefficient (Wildman–Crippen LogP) is 3.51. The van der Waals surface area contributed by atoms with Crippen LogP contribution in [0.3, 0.4) is 0 Å². The summed E-state index contributed by atoms with van der Waals surface area (Å²) in [6.07, 6.45) is 3.83. The van der Waals surface area contributed by atoms with Crippen molar-refractivity contribution in [2.24, 2.45) is 0 Å². The molecule has 3 rings (SSSR count). The molecule has 100 valence electrons. The Morgan fingerprint density at radius 1 is 1.25 bits per heavy atom. The second-order valence-corrected chi connectivity index (χ2v) is 5.27. The van der Waals surface area contributed by atoms with E-state index in [1.807, 2.05) is 36.5 Å². The van der Waals surface area contributed by atoms with E-state index in [0.717, 1.165) is 21.1 Å². The minimum Gasteiger partial charge on any atom is -0.361 e. The number of carbonyl (C=O) groups is 1. The second kappa shape index (κ2) is 5.46. The fraction of sp³-hybridized carbons (Fsp3) is 0.0667. The molecule has 0 aliphatic heterocycles. The van der Waals surface area contributed by atoms with E-state index in [9.17, 15) is 4.79 Å². The van der Waals surface area contributed by atoms with E-state index < -0.39 is 0 Å². The van der Waals surface area contributed by atoms with Crippen LogP contribution in [0.15, 0.2) is 53.4 Å². The SMILES string of the molecule is O=C(Cc1c[nH]c2ccccc12)Nc1ccc(Br)nc1. The van der Waals surface area contributed by atoms with Crippen molar-refractivity contribution in [3.8, 4) is 0 Å². The van der Waals surface area contributed by atoms with Gasteiger partial charge in [-0.05, 0) is 39.7 Å². The Morgan fingerprint density at radius 3 is 2.90 bits per heavy atom. The van der Waals surface area contributed by atoms with Gasteiger partial charge in [0, 0.05) is 17.1 Å². The zero-order valence-electron chi connectivity index (χ0n) is 10.6. The van der Waals surface area contributed by atoms with Crippen molar-refractivity contribution in [3.05, 3.63) is 59.0 Å². The molecule has 1 aromatic carbocycles. The summed E-state index contributed by atoms with van der Waals surface area (Å²) in [7, 11) is 0. The van der Waals surface area contributed by atoms with Crippen molar-refractivity contribution < 1.29 is 4.79 Å². The van der Waals surface area contributed by atoms with E-state index in [0.29, 0.717) is 12.1 Å². The highest BCUT2D eigenvalue weighted by Crippen LogP contribution is 2.18. The molecule has 0 radical (unpaired) electrons. The number of nitrogens with zero attached hydrogens (tertiary/aromatic N) is 1. The number of anilines is 1. The number of hydrogen-bond donors (Lipinski definition) is 2. The minimum atomic E-state index is -0.0566. The number of nitrogens with one attached hydrogen (secondary N) is 2. The Morgan fingerprint density at radius 2 is 2.10 bits per heavy atom. The molecule has 0 saturated carbocycles. The zero-order chi connectivity index (χ0) is 13.9. The maximum atomic E-state index is 12.0. The van der Waals surface area contributed by atoms with Gasteiger partial charge >= 0.3 is 0 Å². The van der Waals surface area contributed by atoms with Crippen LogP contribution in [0.25, 0.3) is 10.9 Å². The van der Waals surface area contributed by atoms with Crippen LogP contribution in [0.4, 0.5) is 5.69 Å². The number of benzene rings is 1. The lowest BCUT2D eigenvalue weighted by Crippen LogP contribution is -2.14. The maximum Gasteiger partial charge on any atom is 0.228 e. The summed E-state index contributed by atoms with van der Waals surface area (Å²) in [6.45, 7) is 0. The van der Waals surface area contributed by atoms with E-state index in [1.165, 1.54) is 0 Å². The largest absolute Gasteiger partial charge is 0.361 e. The van der Waals surface area contributed by atoms with E-state index in [4.69, 9.17) is 0 Å². The fourth-order valence-electron chi connectivity index (χ4n) is 2.11. The highest BCUT2D eigenvalue weighted by molar-refractivity contribution is 9.10. The Bertz CT molecular complexity index is 749. The van der Waals surface area contributed by atoms with E-state index in [1.54, 1.807) is 12.3 Å². The number of halogens is 1. The molecule has 1 amide bonds. The van der Waals surface area contributed by atoms with Crippen molar-refractivity contribution in [3.63, 3.8) is 0 Å². The highest BCUT2D eigenvalue weighted by Gasteiger charge is 2.08. The molecular formula is C15H12BrN3O. The lowest BCUT2D eigenvalue weighted by molar-refractivity contribution is -0.115. The van der Waals surface area contributed by atoms with Crippen LogP contribution >= 0.6 is 15.9 Å². The summed E-state index contributed by atoms with van der Waals surface area (Å²) in [5.41, 5.74) is 2.72. The Balaban J connectivity index is 1.74. The zero-order valence-corrected chi connectivity index (χ0v) is 12.1. The first-order valence-electron chi connectivity index (χ1n) is 6.19. The predicted molar refractivity (Wildman–Crippen MR) is 82.6 cm³/mol. The van der Waals surface area contributed by atoms with Gasteiger partial charge in [0.1, 0.15) is 4.60 Å². The minimum absolute atomic E-state index is 0.0566. The summed E-state index contributed by atoms with van der Waals surface area (Å²) >= 11 is 3.26. The lowest BCUT2D eigenvalue weighted by Gasteiger charge is -2.04. The monoisotopic (exact) mass is 329 g/mol. The number of carbonyl (C=O) groups excluding carboxylic acids is 1. The van der Waals surface area contributed by atoms with Gasteiger partial charge in [0.15, 0.2) is 0 Å². The maximum absolute atomic E-state index is 12.0. The van der Waals surface area contributed by atoms with Crippen molar-refractivity contribution in [2.45, 2.75) is 6.42 Å². The molecule has 2 heterocycles. The van der Waals surface area contributed by atoms with Gasteiger partial charge < -0.3 is 10.3 Å². The van der Waals surface area contributed by atoms with Gasteiger partial charge in [0.2, 0.25) is 5.91 Å². The second-order valence-electron chi connectivity index (χ2n) is 4.45. The third kappa shape index (κ3) is 2.72. The first-order valence-corrected chi connectivity index (χ1v) is 6.98. The van der Waals surface area contributed by atoms with Crippen molar-refractivity contribution in [1.29, 1.82) is 0 Å². The summed E-state index contributed by atoms with van der Waals surface area (Å²) in [5.74, 6) is -0.0566. The third-order valence-electron chi connectivity index (χ3n) is 3.04. The quantitative estimate of drug-likeness (QED) is 0.722. The van der Waals surface area contributed by atoms with Gasteiger partial charge in [0.05, 0.1) is 18.3 Å². The molecule has 5 heteroatoms. The number of aromatic nitrogens is 2. The van der Waals surface area contributed by atoms with E-state index in [-0.39, 0.29) is 5.91 Å². The Labute approximate surface area is 124 Å². The van der Waals surface area contributed by atoms with Crippen LogP contribution in [0.2, 0.25) is 0 Å². The molecule has 0 aliphatic carbocycles. The number of para-hydroxylation sites is 1. The van der Waals surface area contributed by atoms with E-state index in [2.05, 4.69) is 31.2 Å². The summed E-state index contributed by atoms with van der Waals surface area (Å²) in [4.78, 5) is 19.3. The molecule has 0 fully saturated rings. The molecule has 0 spiro atoms. The Kier molecular flexibility index (Phi) is 3.52. The van der Waals surface area contributed by atoms with Gasteiger partial charge in [-0.15, -0.1) is 0 Å². The number of pyridine rings is 1. The molecule has 20 heavy (non-hydrogen) atoms. The van der Waals surface area contributed by atoms with Gasteiger partial charge in [0.25, 0.3) is 0 Å². The molecule has 4 nitrogen and oxygen atoms in total. The Hall–Kier alpha value is -2.14. The van der Waals surface area contributed by atoms with Crippen LogP contribution in [0.5, 0.6) is 0 Å². The number of aromatic amines is 1. The average molecular weight is 330 g/mol. The molecule has 2 aromatic heterocycles. The molecular weight excluding hydrogens is 318 g/mol. The topological polar surface area (TPSA) is 57.8 Å². The fourth-order valence-corrected chi connectivity index (χ4v) is 2.34. The van der Waals surface area contributed by atoms with Gasteiger partial charge in [-0.25, -0.2) is 4.98 Å². The third-order valence-corrected chi connectivity index (χ3v) is 3.51. The summed E-state index contributed by atoms with van der Waals surface area (Å²) in [6, 6.07) is 11.5. The number of rotatable bonds is 3. The van der Waals surface area contributed by atoms with Crippen LogP contribution in [0, 0.1) is 0 Å². The van der Waals surface area contributed by atoms with Gasteiger partial charge in [-0.1, -0.05) is 18.2 Å². The standard InChI is InChI=1S/C15H12BrN3O/c16-14-6-5-11(9-18-14)19-15(20)7-10-8-17-13-4-2-1-3-12(10)13/h1-6,8-9,17H,7H2,(H,19,20). The lowest BCUT2D eigenvalue weighted by atomic mass is 10.1. The number of hydrogen-bond acceptors (Lipinski definition) is 2. The summed E-state index contributed by atoms with van der Waals surface area (Å²) in [5, 5.41) is 3.92. The van der Waals surface area contributed by atoms with Gasteiger partial charge in [-0.3, -0.25) is 4.79 Å². The highest BCUT2D eigenvalue weighted by atomic mass is 79.9. The van der Waals surface area contributed by atoms with Crippen LogP contribution < -0.4 is 5.32 Å².